The topological polar surface area (TPSA) is 17.1 Å². The van der Waals surface area contributed by atoms with E-state index in [0.717, 1.165) is 25.5 Å². The van der Waals surface area contributed by atoms with E-state index in [1.54, 1.807) is 0 Å². The van der Waals surface area contributed by atoms with Crippen molar-refractivity contribution < 1.29 is 4.79 Å². The maximum absolute atomic E-state index is 11.0. The molecule has 0 N–H and O–H groups in total. The largest absolute Gasteiger partial charge is 0.303 e. The summed E-state index contributed by atoms with van der Waals surface area (Å²) in [4.78, 5) is 11.0. The molecule has 1 heteroatoms. The van der Waals surface area contributed by atoms with E-state index in [1.165, 1.54) is 6.42 Å². The zero-order valence-corrected chi connectivity index (χ0v) is 7.68. The first kappa shape index (κ1) is 9.32. The Morgan fingerprint density at radius 3 is 2.92 bits per heavy atom. The fourth-order valence-corrected chi connectivity index (χ4v) is 2.11. The van der Waals surface area contributed by atoms with Gasteiger partial charge >= 0.3 is 0 Å². The van der Waals surface area contributed by atoms with Gasteiger partial charge in [-0.25, -0.2) is 0 Å². The van der Waals surface area contributed by atoms with Gasteiger partial charge in [0.1, 0.15) is 6.29 Å². The average molecular weight is 164 g/mol. The number of carbonyl (C=O) groups excluding carboxylic acids is 1. The summed E-state index contributed by atoms with van der Waals surface area (Å²) in [6.07, 6.45) is 11.5. The van der Waals surface area contributed by atoms with Crippen molar-refractivity contribution >= 4 is 6.29 Å². The second-order valence-electron chi connectivity index (χ2n) is 3.88. The first-order valence-corrected chi connectivity index (χ1v) is 4.65. The average Bonchev–Trinajstić information content (AvgIpc) is 2.10. The summed E-state index contributed by atoms with van der Waals surface area (Å²) in [5.74, 6) is 3.10. The number of carbonyl (C=O) groups is 1. The van der Waals surface area contributed by atoms with E-state index in [0.29, 0.717) is 12.3 Å². The molecule has 1 rings (SSSR count). The van der Waals surface area contributed by atoms with Gasteiger partial charge in [-0.3, -0.25) is 0 Å². The minimum absolute atomic E-state index is 0.187. The molecule has 0 amide bonds. The van der Waals surface area contributed by atoms with E-state index in [4.69, 9.17) is 6.42 Å². The standard InChI is InChI=1S/C11H16O/c1-3-7-11(9-12)8-5-4-6-10(11)2/h1,9-10H,4-8H2,2H3. The molecule has 2 unspecified atom stereocenters. The van der Waals surface area contributed by atoms with Gasteiger partial charge in [-0.1, -0.05) is 19.8 Å². The highest BCUT2D eigenvalue weighted by Crippen LogP contribution is 2.41. The van der Waals surface area contributed by atoms with Gasteiger partial charge in [-0.2, -0.15) is 0 Å². The highest BCUT2D eigenvalue weighted by molar-refractivity contribution is 5.60. The Hall–Kier alpha value is -0.770. The Morgan fingerprint density at radius 2 is 2.42 bits per heavy atom. The molecule has 0 radical (unpaired) electrons. The Bertz CT molecular complexity index is 202. The molecule has 0 saturated heterocycles. The summed E-state index contributed by atoms with van der Waals surface area (Å²) >= 11 is 0. The molecule has 0 aromatic heterocycles. The second-order valence-corrected chi connectivity index (χ2v) is 3.88. The predicted octanol–water partition coefficient (Wildman–Crippen LogP) is 2.41. The van der Waals surface area contributed by atoms with Gasteiger partial charge in [0.05, 0.1) is 0 Å². The monoisotopic (exact) mass is 164 g/mol. The summed E-state index contributed by atoms with van der Waals surface area (Å²) in [5, 5.41) is 0. The van der Waals surface area contributed by atoms with Crippen LogP contribution in [0.2, 0.25) is 0 Å². The van der Waals surface area contributed by atoms with Crippen molar-refractivity contribution in [1.29, 1.82) is 0 Å². The highest BCUT2D eigenvalue weighted by atomic mass is 16.1. The summed E-state index contributed by atoms with van der Waals surface area (Å²) in [7, 11) is 0. The lowest BCUT2D eigenvalue weighted by Crippen LogP contribution is -2.33. The molecule has 1 saturated carbocycles. The molecule has 1 nitrogen and oxygen atoms in total. The van der Waals surface area contributed by atoms with Gasteiger partial charge in [0, 0.05) is 11.8 Å². The zero-order valence-electron chi connectivity index (χ0n) is 7.68. The van der Waals surface area contributed by atoms with Crippen LogP contribution in [0.4, 0.5) is 0 Å². The van der Waals surface area contributed by atoms with Gasteiger partial charge < -0.3 is 4.79 Å². The minimum Gasteiger partial charge on any atom is -0.303 e. The van der Waals surface area contributed by atoms with Crippen molar-refractivity contribution in [3.8, 4) is 12.3 Å². The summed E-state index contributed by atoms with van der Waals surface area (Å²) in [5.41, 5.74) is -0.187. The molecule has 1 aliphatic carbocycles. The maximum atomic E-state index is 11.0. The number of rotatable bonds is 2. The van der Waals surface area contributed by atoms with Crippen molar-refractivity contribution in [2.75, 3.05) is 0 Å². The molecule has 12 heavy (non-hydrogen) atoms. The number of hydrogen-bond donors (Lipinski definition) is 0. The smallest absolute Gasteiger partial charge is 0.127 e. The molecular formula is C11H16O. The quantitative estimate of drug-likeness (QED) is 0.452. The SMILES string of the molecule is C#CCC1(C=O)CCCCC1C. The van der Waals surface area contributed by atoms with Gasteiger partial charge in [0.25, 0.3) is 0 Å². The Kier molecular flexibility index (Phi) is 2.92. The summed E-state index contributed by atoms with van der Waals surface area (Å²) in [6, 6.07) is 0. The fourth-order valence-electron chi connectivity index (χ4n) is 2.11. The molecule has 1 aliphatic rings. The molecular weight excluding hydrogens is 148 g/mol. The Labute approximate surface area is 74.5 Å². The molecule has 0 aromatic carbocycles. The normalized spacial score (nSPS) is 35.5. The fraction of sp³-hybridized carbons (Fsp3) is 0.727. The Morgan fingerprint density at radius 1 is 1.67 bits per heavy atom. The number of hydrogen-bond acceptors (Lipinski definition) is 1. The first-order valence-electron chi connectivity index (χ1n) is 4.65. The second kappa shape index (κ2) is 3.76. The van der Waals surface area contributed by atoms with Crippen LogP contribution in [0.1, 0.15) is 39.0 Å². The van der Waals surface area contributed by atoms with Gasteiger partial charge in [-0.05, 0) is 18.8 Å². The van der Waals surface area contributed by atoms with Gasteiger partial charge in [0.15, 0.2) is 0 Å². The molecule has 1 fully saturated rings. The lowest BCUT2D eigenvalue weighted by atomic mass is 9.66. The Balaban J connectivity index is 2.74. The van der Waals surface area contributed by atoms with E-state index in [9.17, 15) is 4.79 Å². The molecule has 0 bridgehead atoms. The van der Waals surface area contributed by atoms with E-state index >= 15 is 0 Å². The van der Waals surface area contributed by atoms with Crippen LogP contribution in [0.15, 0.2) is 0 Å². The molecule has 0 heterocycles. The van der Waals surface area contributed by atoms with Crippen LogP contribution in [0, 0.1) is 23.7 Å². The third-order valence-corrected chi connectivity index (χ3v) is 3.18. The van der Waals surface area contributed by atoms with Crippen LogP contribution in [0.3, 0.4) is 0 Å². The maximum Gasteiger partial charge on any atom is 0.127 e. The van der Waals surface area contributed by atoms with Gasteiger partial charge in [-0.15, -0.1) is 12.3 Å². The lowest BCUT2D eigenvalue weighted by molar-refractivity contribution is -0.120. The van der Waals surface area contributed by atoms with Crippen LogP contribution >= 0.6 is 0 Å². The van der Waals surface area contributed by atoms with E-state index < -0.39 is 0 Å². The van der Waals surface area contributed by atoms with Crippen molar-refractivity contribution in [2.45, 2.75) is 39.0 Å². The van der Waals surface area contributed by atoms with Crippen molar-refractivity contribution in [3.63, 3.8) is 0 Å². The van der Waals surface area contributed by atoms with Gasteiger partial charge in [0.2, 0.25) is 0 Å². The summed E-state index contributed by atoms with van der Waals surface area (Å²) in [6.45, 7) is 2.14. The van der Waals surface area contributed by atoms with E-state index in [-0.39, 0.29) is 5.41 Å². The lowest BCUT2D eigenvalue weighted by Gasteiger charge is -2.36. The van der Waals surface area contributed by atoms with Crippen LogP contribution < -0.4 is 0 Å². The highest BCUT2D eigenvalue weighted by Gasteiger charge is 2.36. The predicted molar refractivity (Wildman–Crippen MR) is 49.6 cm³/mol. The van der Waals surface area contributed by atoms with Crippen LogP contribution in [-0.4, -0.2) is 6.29 Å². The number of aldehydes is 1. The molecule has 0 aromatic rings. The molecule has 0 aliphatic heterocycles. The van der Waals surface area contributed by atoms with E-state index in [1.807, 2.05) is 0 Å². The van der Waals surface area contributed by atoms with E-state index in [2.05, 4.69) is 12.8 Å². The minimum atomic E-state index is -0.187. The van der Waals surface area contributed by atoms with Crippen molar-refractivity contribution in [2.24, 2.45) is 11.3 Å². The third-order valence-electron chi connectivity index (χ3n) is 3.18. The molecule has 2 atom stereocenters. The molecule has 0 spiro atoms. The third kappa shape index (κ3) is 1.53. The van der Waals surface area contributed by atoms with Crippen molar-refractivity contribution in [3.05, 3.63) is 0 Å². The van der Waals surface area contributed by atoms with Crippen molar-refractivity contribution in [1.82, 2.24) is 0 Å². The van der Waals surface area contributed by atoms with Crippen LogP contribution in [-0.2, 0) is 4.79 Å². The van der Waals surface area contributed by atoms with Crippen LogP contribution in [0.25, 0.3) is 0 Å². The summed E-state index contributed by atoms with van der Waals surface area (Å²) < 4.78 is 0. The zero-order chi connectivity index (χ0) is 9.03. The van der Waals surface area contributed by atoms with Crippen LogP contribution in [0.5, 0.6) is 0 Å². The molecule has 66 valence electrons. The number of terminal acetylenes is 1. The first-order chi connectivity index (χ1) is 5.75.